The van der Waals surface area contributed by atoms with Crippen molar-refractivity contribution in [2.75, 3.05) is 14.2 Å². The van der Waals surface area contributed by atoms with Gasteiger partial charge in [-0.25, -0.2) is 0 Å². The summed E-state index contributed by atoms with van der Waals surface area (Å²) in [6.07, 6.45) is 2.13. The van der Waals surface area contributed by atoms with Crippen LogP contribution in [0.5, 0.6) is 5.75 Å². The number of nitrogens with zero attached hydrogens (tertiary/aromatic N) is 2. The van der Waals surface area contributed by atoms with Gasteiger partial charge in [-0.3, -0.25) is 4.99 Å². The first kappa shape index (κ1) is 19.8. The summed E-state index contributed by atoms with van der Waals surface area (Å²) in [4.78, 5) is 4.26. The number of guanidine groups is 1. The first-order valence-corrected chi connectivity index (χ1v) is 9.14. The topological polar surface area (TPSA) is 71.7 Å². The van der Waals surface area contributed by atoms with Crippen LogP contribution in [0, 0.1) is 6.92 Å². The second-order valence-corrected chi connectivity index (χ2v) is 6.33. The van der Waals surface area contributed by atoms with E-state index >= 15 is 0 Å². The molecule has 2 aromatic rings. The second-order valence-electron chi connectivity index (χ2n) is 6.33. The molecule has 1 heterocycles. The molecule has 6 nitrogen and oxygen atoms in total. The number of hydrogen-bond acceptors (Lipinski definition) is 4. The predicted octanol–water partition coefficient (Wildman–Crippen LogP) is 3.76. The van der Waals surface area contributed by atoms with Crippen molar-refractivity contribution in [2.45, 2.75) is 52.6 Å². The van der Waals surface area contributed by atoms with Crippen LogP contribution in [0.25, 0.3) is 0 Å². The zero-order chi connectivity index (χ0) is 18.9. The molecule has 142 valence electrons. The van der Waals surface area contributed by atoms with Crippen molar-refractivity contribution < 1.29 is 9.26 Å². The molecule has 0 unspecified atom stereocenters. The van der Waals surface area contributed by atoms with E-state index in [1.54, 1.807) is 14.2 Å². The van der Waals surface area contributed by atoms with Crippen LogP contribution in [0.4, 0.5) is 0 Å². The number of nitrogens with one attached hydrogen (secondary N) is 2. The smallest absolute Gasteiger partial charge is 0.191 e. The lowest BCUT2D eigenvalue weighted by molar-refractivity contribution is 0.368. The highest BCUT2D eigenvalue weighted by molar-refractivity contribution is 5.79. The average Bonchev–Trinajstić information content (AvgIpc) is 3.12. The van der Waals surface area contributed by atoms with Crippen LogP contribution in [-0.2, 0) is 13.1 Å². The summed E-state index contributed by atoms with van der Waals surface area (Å²) >= 11 is 0. The summed E-state index contributed by atoms with van der Waals surface area (Å²) < 4.78 is 10.9. The predicted molar refractivity (Wildman–Crippen MR) is 105 cm³/mol. The fourth-order valence-electron chi connectivity index (χ4n) is 2.88. The molecule has 0 aliphatic carbocycles. The summed E-state index contributed by atoms with van der Waals surface area (Å²) in [6, 6.07) is 8.19. The van der Waals surface area contributed by atoms with Gasteiger partial charge in [0.1, 0.15) is 5.75 Å². The zero-order valence-corrected chi connectivity index (χ0v) is 16.4. The monoisotopic (exact) mass is 358 g/mol. The molecule has 0 spiro atoms. The van der Waals surface area contributed by atoms with E-state index in [9.17, 15) is 0 Å². The number of rotatable bonds is 8. The minimum atomic E-state index is 0.457. The summed E-state index contributed by atoms with van der Waals surface area (Å²) in [6.45, 7) is 7.56. The highest BCUT2D eigenvalue weighted by Crippen LogP contribution is 2.22. The first-order valence-electron chi connectivity index (χ1n) is 9.14. The van der Waals surface area contributed by atoms with Gasteiger partial charge >= 0.3 is 0 Å². The Morgan fingerprint density at radius 2 is 1.92 bits per heavy atom. The third-order valence-electron chi connectivity index (χ3n) is 4.52. The van der Waals surface area contributed by atoms with Gasteiger partial charge < -0.3 is 19.9 Å². The van der Waals surface area contributed by atoms with Crippen molar-refractivity contribution in [3.05, 3.63) is 46.8 Å². The third kappa shape index (κ3) is 5.25. The summed E-state index contributed by atoms with van der Waals surface area (Å²) in [7, 11) is 3.43. The van der Waals surface area contributed by atoms with Gasteiger partial charge in [0.05, 0.1) is 19.3 Å². The van der Waals surface area contributed by atoms with Crippen LogP contribution < -0.4 is 15.4 Å². The van der Waals surface area contributed by atoms with Gasteiger partial charge in [-0.1, -0.05) is 31.1 Å². The van der Waals surface area contributed by atoms with Crippen molar-refractivity contribution in [3.8, 4) is 5.75 Å². The number of ether oxygens (including phenoxy) is 1. The van der Waals surface area contributed by atoms with E-state index in [-0.39, 0.29) is 0 Å². The Balaban J connectivity index is 1.90. The van der Waals surface area contributed by atoms with Crippen LogP contribution in [0.15, 0.2) is 33.8 Å². The molecule has 1 aromatic carbocycles. The molecule has 0 saturated heterocycles. The molecular formula is C20H30N4O2. The third-order valence-corrected chi connectivity index (χ3v) is 4.52. The van der Waals surface area contributed by atoms with E-state index in [1.807, 2.05) is 19.1 Å². The number of aryl methyl sites for hydroxylation is 1. The van der Waals surface area contributed by atoms with Gasteiger partial charge in [-0.2, -0.15) is 0 Å². The second kappa shape index (κ2) is 9.85. The number of aromatic nitrogens is 1. The fraction of sp³-hybridized carbons (Fsp3) is 0.500. The Kier molecular flexibility index (Phi) is 7.51. The normalized spacial score (nSPS) is 11.7. The van der Waals surface area contributed by atoms with Gasteiger partial charge in [0.2, 0.25) is 0 Å². The van der Waals surface area contributed by atoms with E-state index in [2.05, 4.69) is 46.8 Å². The highest BCUT2D eigenvalue weighted by atomic mass is 16.5. The molecule has 0 fully saturated rings. The van der Waals surface area contributed by atoms with Gasteiger partial charge in [0, 0.05) is 31.1 Å². The maximum atomic E-state index is 5.44. The van der Waals surface area contributed by atoms with Crippen LogP contribution >= 0.6 is 0 Å². The van der Waals surface area contributed by atoms with Gasteiger partial charge in [-0.15, -0.1) is 0 Å². The van der Waals surface area contributed by atoms with Crippen LogP contribution in [0.3, 0.4) is 0 Å². The zero-order valence-electron chi connectivity index (χ0n) is 16.4. The summed E-state index contributed by atoms with van der Waals surface area (Å²) in [5, 5.41) is 10.8. The minimum Gasteiger partial charge on any atom is -0.496 e. The van der Waals surface area contributed by atoms with Crippen molar-refractivity contribution >= 4 is 5.96 Å². The lowest BCUT2D eigenvalue weighted by Crippen LogP contribution is -2.36. The minimum absolute atomic E-state index is 0.457. The number of benzene rings is 1. The first-order chi connectivity index (χ1) is 12.6. The Hall–Kier alpha value is -2.50. The molecule has 0 saturated carbocycles. The molecule has 0 atom stereocenters. The molecule has 2 N–H and O–H groups in total. The van der Waals surface area contributed by atoms with Crippen LogP contribution in [0.1, 0.15) is 55.2 Å². The molecule has 1 aromatic heterocycles. The highest BCUT2D eigenvalue weighted by Gasteiger charge is 2.13. The molecule has 0 amide bonds. The fourth-order valence-corrected chi connectivity index (χ4v) is 2.88. The van der Waals surface area contributed by atoms with E-state index in [4.69, 9.17) is 9.26 Å². The van der Waals surface area contributed by atoms with Crippen molar-refractivity contribution in [1.82, 2.24) is 15.8 Å². The Bertz CT molecular complexity index is 720. The molecule has 6 heteroatoms. The average molecular weight is 358 g/mol. The Morgan fingerprint density at radius 3 is 2.58 bits per heavy atom. The standard InChI is InChI=1S/C20H30N4O2/c1-6-15(7-2)18-11-17(26-24-18)13-23-20(21-4)22-12-16-9-8-14(3)10-19(16)25-5/h8-11,15H,6-7,12-13H2,1-5H3,(H2,21,22,23). The Labute approximate surface area is 156 Å². The summed E-state index contributed by atoms with van der Waals surface area (Å²) in [5.74, 6) is 2.84. The maximum Gasteiger partial charge on any atom is 0.191 e. The van der Waals surface area contributed by atoms with Crippen molar-refractivity contribution in [3.63, 3.8) is 0 Å². The van der Waals surface area contributed by atoms with E-state index in [0.717, 1.165) is 35.6 Å². The summed E-state index contributed by atoms with van der Waals surface area (Å²) in [5.41, 5.74) is 3.28. The molecule has 26 heavy (non-hydrogen) atoms. The quantitative estimate of drug-likeness (QED) is 0.555. The van der Waals surface area contributed by atoms with E-state index in [0.29, 0.717) is 25.0 Å². The number of aliphatic imine (C=N–C) groups is 1. The SMILES string of the molecule is CCC(CC)c1cc(CNC(=NC)NCc2ccc(C)cc2OC)on1. The van der Waals surface area contributed by atoms with Gasteiger partial charge in [-0.05, 0) is 31.4 Å². The lowest BCUT2D eigenvalue weighted by atomic mass is 9.99. The van der Waals surface area contributed by atoms with Gasteiger partial charge in [0.15, 0.2) is 11.7 Å². The number of hydrogen-bond donors (Lipinski definition) is 2. The number of methoxy groups -OCH3 is 1. The molecule has 0 bridgehead atoms. The van der Waals surface area contributed by atoms with Crippen LogP contribution in [0.2, 0.25) is 0 Å². The Morgan fingerprint density at radius 1 is 1.19 bits per heavy atom. The lowest BCUT2D eigenvalue weighted by Gasteiger charge is -2.13. The molecule has 0 aliphatic heterocycles. The van der Waals surface area contributed by atoms with Gasteiger partial charge in [0.25, 0.3) is 0 Å². The van der Waals surface area contributed by atoms with E-state index < -0.39 is 0 Å². The van der Waals surface area contributed by atoms with Crippen LogP contribution in [-0.4, -0.2) is 25.3 Å². The van der Waals surface area contributed by atoms with Crippen molar-refractivity contribution in [1.29, 1.82) is 0 Å². The largest absolute Gasteiger partial charge is 0.496 e. The molecular weight excluding hydrogens is 328 g/mol. The maximum absolute atomic E-state index is 5.44. The molecule has 2 rings (SSSR count). The van der Waals surface area contributed by atoms with Crippen molar-refractivity contribution in [2.24, 2.45) is 4.99 Å². The molecule has 0 radical (unpaired) electrons. The van der Waals surface area contributed by atoms with E-state index in [1.165, 1.54) is 5.56 Å². The molecule has 0 aliphatic rings.